The maximum Gasteiger partial charge on any atom is 0.123 e. The molecular formula is C16H11ClOS. The molecule has 0 aliphatic rings. The zero-order valence-corrected chi connectivity index (χ0v) is 11.6. The molecule has 3 rings (SSSR count). The van der Waals surface area contributed by atoms with E-state index in [1.54, 1.807) is 17.8 Å². The van der Waals surface area contributed by atoms with Gasteiger partial charge in [0.2, 0.25) is 0 Å². The summed E-state index contributed by atoms with van der Waals surface area (Å²) in [7, 11) is 0. The molecule has 19 heavy (non-hydrogen) atoms. The standard InChI is InChI=1S/C16H11ClOS/c17-11-5-7-12(8-6-11)19-16-10-9-15(18)13-3-1-2-4-14(13)16/h1-10,18H. The second-order valence-corrected chi connectivity index (χ2v) is 5.74. The molecule has 0 aliphatic heterocycles. The SMILES string of the molecule is Oc1ccc(Sc2ccc(Cl)cc2)c2ccccc12. The maximum atomic E-state index is 9.87. The van der Waals surface area contributed by atoms with Crippen molar-refractivity contribution < 1.29 is 5.11 Å². The molecular weight excluding hydrogens is 276 g/mol. The topological polar surface area (TPSA) is 20.2 Å². The van der Waals surface area contributed by atoms with Gasteiger partial charge in [0.15, 0.2) is 0 Å². The molecule has 0 bridgehead atoms. The number of benzene rings is 3. The van der Waals surface area contributed by atoms with E-state index in [9.17, 15) is 5.11 Å². The highest BCUT2D eigenvalue weighted by molar-refractivity contribution is 7.99. The minimum atomic E-state index is 0.316. The summed E-state index contributed by atoms with van der Waals surface area (Å²) < 4.78 is 0. The Morgan fingerprint density at radius 3 is 2.21 bits per heavy atom. The van der Waals surface area contributed by atoms with Crippen LogP contribution in [0, 0.1) is 0 Å². The molecule has 0 aliphatic carbocycles. The monoisotopic (exact) mass is 286 g/mol. The molecule has 3 aromatic carbocycles. The first-order valence-corrected chi connectivity index (χ1v) is 7.07. The Bertz CT molecular complexity index is 722. The van der Waals surface area contributed by atoms with Crippen molar-refractivity contribution in [3.63, 3.8) is 0 Å². The highest BCUT2D eigenvalue weighted by Crippen LogP contribution is 2.37. The lowest BCUT2D eigenvalue weighted by molar-refractivity contribution is 0.481. The van der Waals surface area contributed by atoms with E-state index in [4.69, 9.17) is 11.6 Å². The van der Waals surface area contributed by atoms with Crippen LogP contribution in [0.1, 0.15) is 0 Å². The van der Waals surface area contributed by atoms with E-state index in [0.717, 1.165) is 25.6 Å². The van der Waals surface area contributed by atoms with E-state index >= 15 is 0 Å². The highest BCUT2D eigenvalue weighted by Gasteiger charge is 2.06. The van der Waals surface area contributed by atoms with Crippen LogP contribution in [-0.4, -0.2) is 5.11 Å². The molecule has 0 spiro atoms. The Kier molecular flexibility index (Phi) is 3.36. The number of fused-ring (bicyclic) bond motifs is 1. The van der Waals surface area contributed by atoms with Crippen LogP contribution >= 0.6 is 23.4 Å². The number of hydrogen-bond donors (Lipinski definition) is 1. The molecule has 3 heteroatoms. The first-order chi connectivity index (χ1) is 9.24. The summed E-state index contributed by atoms with van der Waals surface area (Å²) in [4.78, 5) is 2.25. The summed E-state index contributed by atoms with van der Waals surface area (Å²) in [6.45, 7) is 0. The normalized spacial score (nSPS) is 10.8. The molecule has 1 nitrogen and oxygen atoms in total. The van der Waals surface area contributed by atoms with Gasteiger partial charge in [-0.25, -0.2) is 0 Å². The molecule has 0 saturated carbocycles. The molecule has 0 aromatic heterocycles. The van der Waals surface area contributed by atoms with Gasteiger partial charge in [-0.3, -0.25) is 0 Å². The molecule has 1 N–H and O–H groups in total. The van der Waals surface area contributed by atoms with Crippen LogP contribution in [0.15, 0.2) is 70.5 Å². The van der Waals surface area contributed by atoms with E-state index in [1.165, 1.54) is 0 Å². The van der Waals surface area contributed by atoms with Gasteiger partial charge < -0.3 is 5.11 Å². The van der Waals surface area contributed by atoms with Crippen molar-refractivity contribution in [3.05, 3.63) is 65.7 Å². The summed E-state index contributed by atoms with van der Waals surface area (Å²) in [6.07, 6.45) is 0. The van der Waals surface area contributed by atoms with Gasteiger partial charge in [0.25, 0.3) is 0 Å². The Hall–Kier alpha value is -1.64. The number of phenolic OH excluding ortho intramolecular Hbond substituents is 1. The van der Waals surface area contributed by atoms with Crippen LogP contribution in [0.5, 0.6) is 5.75 Å². The third kappa shape index (κ3) is 2.55. The average molecular weight is 287 g/mol. The van der Waals surface area contributed by atoms with Crippen LogP contribution in [0.3, 0.4) is 0 Å². The fourth-order valence-electron chi connectivity index (χ4n) is 1.97. The summed E-state index contributed by atoms with van der Waals surface area (Å²) >= 11 is 7.55. The van der Waals surface area contributed by atoms with Crippen molar-refractivity contribution >= 4 is 34.1 Å². The maximum absolute atomic E-state index is 9.87. The first-order valence-electron chi connectivity index (χ1n) is 5.88. The number of phenols is 1. The predicted octanol–water partition coefficient (Wildman–Crippen LogP) is 5.35. The van der Waals surface area contributed by atoms with E-state index in [-0.39, 0.29) is 0 Å². The molecule has 0 radical (unpaired) electrons. The summed E-state index contributed by atoms with van der Waals surface area (Å²) in [6, 6.07) is 19.3. The smallest absolute Gasteiger partial charge is 0.123 e. The molecule has 0 unspecified atom stereocenters. The van der Waals surface area contributed by atoms with E-state index in [0.29, 0.717) is 5.75 Å². The molecule has 0 fully saturated rings. The van der Waals surface area contributed by atoms with Crippen molar-refractivity contribution in [1.82, 2.24) is 0 Å². The van der Waals surface area contributed by atoms with Gasteiger partial charge >= 0.3 is 0 Å². The minimum absolute atomic E-state index is 0.316. The molecule has 0 heterocycles. The second kappa shape index (κ2) is 5.16. The Labute approximate surface area is 120 Å². The van der Waals surface area contributed by atoms with Gasteiger partial charge in [-0.1, -0.05) is 47.6 Å². The molecule has 3 aromatic rings. The fourth-order valence-corrected chi connectivity index (χ4v) is 3.05. The van der Waals surface area contributed by atoms with Gasteiger partial charge in [0.05, 0.1) is 0 Å². The van der Waals surface area contributed by atoms with Crippen molar-refractivity contribution in [2.24, 2.45) is 0 Å². The predicted molar refractivity (Wildman–Crippen MR) is 81.2 cm³/mol. The summed E-state index contributed by atoms with van der Waals surface area (Å²) in [5.74, 6) is 0.316. The quantitative estimate of drug-likeness (QED) is 0.685. The Morgan fingerprint density at radius 2 is 1.47 bits per heavy atom. The fraction of sp³-hybridized carbons (Fsp3) is 0. The second-order valence-electron chi connectivity index (χ2n) is 4.18. The molecule has 0 atom stereocenters. The van der Waals surface area contributed by atoms with E-state index in [2.05, 4.69) is 0 Å². The van der Waals surface area contributed by atoms with Gasteiger partial charge in [0, 0.05) is 20.2 Å². The third-order valence-electron chi connectivity index (χ3n) is 2.90. The summed E-state index contributed by atoms with van der Waals surface area (Å²) in [5.41, 5.74) is 0. The molecule has 0 amide bonds. The Morgan fingerprint density at radius 1 is 0.789 bits per heavy atom. The van der Waals surface area contributed by atoms with Crippen molar-refractivity contribution in [2.75, 3.05) is 0 Å². The zero-order valence-electron chi connectivity index (χ0n) is 10.0. The summed E-state index contributed by atoms with van der Waals surface area (Å²) in [5, 5.41) is 12.5. The number of rotatable bonds is 2. The lowest BCUT2D eigenvalue weighted by atomic mass is 10.1. The third-order valence-corrected chi connectivity index (χ3v) is 4.24. The largest absolute Gasteiger partial charge is 0.507 e. The van der Waals surface area contributed by atoms with E-state index < -0.39 is 0 Å². The number of hydrogen-bond acceptors (Lipinski definition) is 2. The van der Waals surface area contributed by atoms with Gasteiger partial charge in [-0.2, -0.15) is 0 Å². The lowest BCUT2D eigenvalue weighted by Crippen LogP contribution is -1.79. The van der Waals surface area contributed by atoms with Crippen LogP contribution in [0.4, 0.5) is 0 Å². The van der Waals surface area contributed by atoms with Gasteiger partial charge in [-0.05, 0) is 41.8 Å². The van der Waals surface area contributed by atoms with Crippen LogP contribution in [0.25, 0.3) is 10.8 Å². The van der Waals surface area contributed by atoms with Crippen molar-refractivity contribution in [1.29, 1.82) is 0 Å². The van der Waals surface area contributed by atoms with Crippen LogP contribution in [0.2, 0.25) is 5.02 Å². The highest BCUT2D eigenvalue weighted by atomic mass is 35.5. The Balaban J connectivity index is 2.06. The van der Waals surface area contributed by atoms with Gasteiger partial charge in [-0.15, -0.1) is 0 Å². The van der Waals surface area contributed by atoms with Crippen molar-refractivity contribution in [3.8, 4) is 5.75 Å². The number of aromatic hydroxyl groups is 1. The average Bonchev–Trinajstić information content (AvgIpc) is 2.45. The molecule has 0 saturated heterocycles. The van der Waals surface area contributed by atoms with Crippen LogP contribution in [-0.2, 0) is 0 Å². The first kappa shape index (κ1) is 12.4. The van der Waals surface area contributed by atoms with Crippen LogP contribution < -0.4 is 0 Å². The number of halogens is 1. The van der Waals surface area contributed by atoms with Crippen molar-refractivity contribution in [2.45, 2.75) is 9.79 Å². The lowest BCUT2D eigenvalue weighted by Gasteiger charge is -2.08. The molecule has 94 valence electrons. The zero-order chi connectivity index (χ0) is 13.2. The van der Waals surface area contributed by atoms with Gasteiger partial charge in [0.1, 0.15) is 5.75 Å². The minimum Gasteiger partial charge on any atom is -0.507 e. The van der Waals surface area contributed by atoms with E-state index in [1.807, 2.05) is 54.6 Å².